The molecular weight excluding hydrogens is 314 g/mol. The molecule has 138 valence electrons. The molecule has 6 heteroatoms. The number of aryl methyl sites for hydroxylation is 1. The Balaban J connectivity index is 1.37. The average molecular weight is 345 g/mol. The van der Waals surface area contributed by atoms with Gasteiger partial charge in [0, 0.05) is 37.8 Å². The third-order valence-electron chi connectivity index (χ3n) is 6.73. The molecule has 3 fully saturated rings. The second-order valence-corrected chi connectivity index (χ2v) is 8.48. The van der Waals surface area contributed by atoms with Gasteiger partial charge < -0.3 is 14.8 Å². The third-order valence-corrected chi connectivity index (χ3v) is 6.73. The molecule has 25 heavy (non-hydrogen) atoms. The molecule has 6 nitrogen and oxygen atoms in total. The maximum atomic E-state index is 12.5. The number of nitrogens with one attached hydrogen (secondary N) is 1. The fourth-order valence-electron chi connectivity index (χ4n) is 4.90. The second-order valence-electron chi connectivity index (χ2n) is 8.48. The summed E-state index contributed by atoms with van der Waals surface area (Å²) in [7, 11) is 2.17. The lowest BCUT2D eigenvalue weighted by Gasteiger charge is -2.49. The van der Waals surface area contributed by atoms with E-state index in [0.29, 0.717) is 17.4 Å². The van der Waals surface area contributed by atoms with Crippen molar-refractivity contribution >= 4 is 5.91 Å². The molecule has 3 saturated heterocycles. The lowest BCUT2D eigenvalue weighted by Crippen LogP contribution is -2.54. The number of hydrogen-bond acceptors (Lipinski definition) is 4. The van der Waals surface area contributed by atoms with Crippen molar-refractivity contribution in [2.24, 2.45) is 5.41 Å². The Morgan fingerprint density at radius 2 is 2.08 bits per heavy atom. The fourth-order valence-corrected chi connectivity index (χ4v) is 4.90. The Kier molecular flexibility index (Phi) is 4.58. The molecule has 0 saturated carbocycles. The number of imidazole rings is 1. The SMILES string of the molecule is Cc1[nH]cnc1CN1CCC2(CCC(=O)N([C@@H]3CCN(C)C3)C2)CC1. The van der Waals surface area contributed by atoms with Gasteiger partial charge in [-0.05, 0) is 64.7 Å². The molecule has 0 aromatic carbocycles. The van der Waals surface area contributed by atoms with Crippen molar-refractivity contribution in [2.75, 3.05) is 39.8 Å². The van der Waals surface area contributed by atoms with Crippen LogP contribution in [0.2, 0.25) is 0 Å². The number of rotatable bonds is 3. The molecular formula is C19H31N5O. The zero-order valence-corrected chi connectivity index (χ0v) is 15.6. The second kappa shape index (κ2) is 6.72. The summed E-state index contributed by atoms with van der Waals surface area (Å²) in [6.07, 6.45) is 7.19. The van der Waals surface area contributed by atoms with Crippen LogP contribution in [0, 0.1) is 12.3 Å². The van der Waals surface area contributed by atoms with Crippen LogP contribution in [-0.2, 0) is 11.3 Å². The number of aromatic nitrogens is 2. The first-order chi connectivity index (χ1) is 12.0. The predicted molar refractivity (Wildman–Crippen MR) is 97.1 cm³/mol. The number of likely N-dealkylation sites (tertiary alicyclic amines) is 3. The summed E-state index contributed by atoms with van der Waals surface area (Å²) in [5.41, 5.74) is 2.71. The summed E-state index contributed by atoms with van der Waals surface area (Å²) >= 11 is 0. The van der Waals surface area contributed by atoms with Crippen LogP contribution in [0.3, 0.4) is 0 Å². The minimum Gasteiger partial charge on any atom is -0.348 e. The maximum absolute atomic E-state index is 12.5. The summed E-state index contributed by atoms with van der Waals surface area (Å²) in [5.74, 6) is 0.389. The number of hydrogen-bond donors (Lipinski definition) is 1. The number of carbonyl (C=O) groups is 1. The quantitative estimate of drug-likeness (QED) is 0.905. The van der Waals surface area contributed by atoms with Crippen LogP contribution in [0.15, 0.2) is 6.33 Å². The van der Waals surface area contributed by atoms with Gasteiger partial charge in [0.1, 0.15) is 0 Å². The molecule has 1 spiro atoms. The van der Waals surface area contributed by atoms with E-state index < -0.39 is 0 Å². The van der Waals surface area contributed by atoms with Gasteiger partial charge in [0.15, 0.2) is 0 Å². The third kappa shape index (κ3) is 3.47. The number of piperidine rings is 2. The van der Waals surface area contributed by atoms with E-state index in [2.05, 4.69) is 38.6 Å². The van der Waals surface area contributed by atoms with E-state index in [9.17, 15) is 4.79 Å². The molecule has 0 aliphatic carbocycles. The minimum atomic E-state index is 0.353. The van der Waals surface area contributed by atoms with Crippen molar-refractivity contribution in [1.29, 1.82) is 0 Å². The Morgan fingerprint density at radius 1 is 1.28 bits per heavy atom. The van der Waals surface area contributed by atoms with Crippen LogP contribution in [0.25, 0.3) is 0 Å². The Labute approximate surface area is 150 Å². The van der Waals surface area contributed by atoms with Gasteiger partial charge in [0.2, 0.25) is 5.91 Å². The number of amides is 1. The van der Waals surface area contributed by atoms with Gasteiger partial charge in [0.05, 0.1) is 12.0 Å². The molecule has 3 aliphatic heterocycles. The summed E-state index contributed by atoms with van der Waals surface area (Å²) in [5, 5.41) is 0. The van der Waals surface area contributed by atoms with Crippen LogP contribution >= 0.6 is 0 Å². The van der Waals surface area contributed by atoms with Crippen LogP contribution in [0.5, 0.6) is 0 Å². The zero-order chi connectivity index (χ0) is 17.4. The lowest BCUT2D eigenvalue weighted by molar-refractivity contribution is -0.142. The molecule has 1 aromatic rings. The van der Waals surface area contributed by atoms with Gasteiger partial charge in [-0.25, -0.2) is 4.98 Å². The number of H-pyrrole nitrogens is 1. The van der Waals surface area contributed by atoms with Crippen molar-refractivity contribution in [3.05, 3.63) is 17.7 Å². The lowest BCUT2D eigenvalue weighted by atomic mass is 9.72. The van der Waals surface area contributed by atoms with E-state index in [0.717, 1.165) is 58.5 Å². The van der Waals surface area contributed by atoms with Crippen LogP contribution in [0.1, 0.15) is 43.5 Å². The summed E-state index contributed by atoms with van der Waals surface area (Å²) < 4.78 is 0. The molecule has 1 aromatic heterocycles. The molecule has 1 N–H and O–H groups in total. The molecule has 0 unspecified atom stereocenters. The van der Waals surface area contributed by atoms with Crippen molar-refractivity contribution in [3.8, 4) is 0 Å². The van der Waals surface area contributed by atoms with Gasteiger partial charge in [-0.1, -0.05) is 0 Å². The summed E-state index contributed by atoms with van der Waals surface area (Å²) in [6.45, 7) is 8.44. The van der Waals surface area contributed by atoms with Gasteiger partial charge in [-0.2, -0.15) is 0 Å². The first-order valence-corrected chi connectivity index (χ1v) is 9.74. The highest BCUT2D eigenvalue weighted by molar-refractivity contribution is 5.77. The largest absolute Gasteiger partial charge is 0.348 e. The Morgan fingerprint density at radius 3 is 2.72 bits per heavy atom. The van der Waals surface area contributed by atoms with Crippen molar-refractivity contribution < 1.29 is 4.79 Å². The molecule has 1 atom stereocenters. The summed E-state index contributed by atoms with van der Waals surface area (Å²) in [6, 6.07) is 0.444. The molecule has 4 rings (SSSR count). The minimum absolute atomic E-state index is 0.353. The van der Waals surface area contributed by atoms with Gasteiger partial charge >= 0.3 is 0 Å². The standard InChI is InChI=1S/C19H31N5O/c1-15-17(21-14-20-15)12-23-9-6-19(7-10-23)5-3-18(25)24(13-19)16-4-8-22(2)11-16/h14,16H,3-13H2,1-2H3,(H,20,21)/t16-/m1/s1. The molecule has 1 amide bonds. The molecule has 3 aliphatic rings. The highest BCUT2D eigenvalue weighted by Crippen LogP contribution is 2.41. The normalized spacial score (nSPS) is 28.2. The predicted octanol–water partition coefficient (Wildman–Crippen LogP) is 1.63. The van der Waals surface area contributed by atoms with Crippen LogP contribution in [0.4, 0.5) is 0 Å². The van der Waals surface area contributed by atoms with E-state index in [1.165, 1.54) is 24.2 Å². The smallest absolute Gasteiger partial charge is 0.222 e. The maximum Gasteiger partial charge on any atom is 0.222 e. The first-order valence-electron chi connectivity index (χ1n) is 9.74. The van der Waals surface area contributed by atoms with Gasteiger partial charge in [-0.15, -0.1) is 0 Å². The van der Waals surface area contributed by atoms with Crippen molar-refractivity contribution in [2.45, 2.75) is 51.6 Å². The Bertz CT molecular complexity index is 619. The average Bonchev–Trinajstić information content (AvgIpc) is 3.21. The number of likely N-dealkylation sites (N-methyl/N-ethyl adjacent to an activating group) is 1. The van der Waals surface area contributed by atoms with Crippen LogP contribution < -0.4 is 0 Å². The van der Waals surface area contributed by atoms with E-state index in [4.69, 9.17) is 0 Å². The number of aromatic amines is 1. The molecule has 0 bridgehead atoms. The van der Waals surface area contributed by atoms with Crippen molar-refractivity contribution in [1.82, 2.24) is 24.7 Å². The van der Waals surface area contributed by atoms with Crippen molar-refractivity contribution in [3.63, 3.8) is 0 Å². The zero-order valence-electron chi connectivity index (χ0n) is 15.6. The fraction of sp³-hybridized carbons (Fsp3) is 0.789. The number of carbonyl (C=O) groups excluding carboxylic acids is 1. The topological polar surface area (TPSA) is 55.5 Å². The Hall–Kier alpha value is -1.40. The van der Waals surface area contributed by atoms with Gasteiger partial charge in [-0.3, -0.25) is 9.69 Å². The number of nitrogens with zero attached hydrogens (tertiary/aromatic N) is 4. The molecule has 4 heterocycles. The summed E-state index contributed by atoms with van der Waals surface area (Å²) in [4.78, 5) is 27.2. The highest BCUT2D eigenvalue weighted by Gasteiger charge is 2.43. The monoisotopic (exact) mass is 345 g/mol. The first kappa shape index (κ1) is 17.0. The van der Waals surface area contributed by atoms with Gasteiger partial charge in [0.25, 0.3) is 0 Å². The van der Waals surface area contributed by atoms with E-state index >= 15 is 0 Å². The highest BCUT2D eigenvalue weighted by atomic mass is 16.2. The van der Waals surface area contributed by atoms with E-state index in [-0.39, 0.29) is 0 Å². The van der Waals surface area contributed by atoms with E-state index in [1.807, 2.05) is 0 Å². The molecule has 0 radical (unpaired) electrons. The van der Waals surface area contributed by atoms with E-state index in [1.54, 1.807) is 6.33 Å². The van der Waals surface area contributed by atoms with Crippen LogP contribution in [-0.4, -0.2) is 76.4 Å².